The van der Waals surface area contributed by atoms with Crippen molar-refractivity contribution in [3.8, 4) is 22.8 Å². The van der Waals surface area contributed by atoms with Crippen LogP contribution in [0, 0.1) is 0 Å². The number of hydrogen-bond donors (Lipinski definition) is 2. The average molecular weight is 409 g/mol. The van der Waals surface area contributed by atoms with Gasteiger partial charge in [-0.15, -0.1) is 0 Å². The van der Waals surface area contributed by atoms with Crippen LogP contribution in [0.3, 0.4) is 0 Å². The SMILES string of the molecule is CCOc1ccc(CCNC(=O)Nc2cc(-c3ccccc3)n(C)n2)cc1OCC. The molecule has 0 unspecified atom stereocenters. The fourth-order valence-electron chi connectivity index (χ4n) is 3.14. The maximum absolute atomic E-state index is 12.3. The van der Waals surface area contributed by atoms with Crippen molar-refractivity contribution in [1.82, 2.24) is 15.1 Å². The lowest BCUT2D eigenvalue weighted by molar-refractivity contribution is 0.252. The van der Waals surface area contributed by atoms with Crippen LogP contribution in [0.25, 0.3) is 11.3 Å². The van der Waals surface area contributed by atoms with Crippen molar-refractivity contribution in [3.05, 3.63) is 60.2 Å². The summed E-state index contributed by atoms with van der Waals surface area (Å²) in [6.45, 7) is 5.52. The zero-order chi connectivity index (χ0) is 21.3. The molecule has 2 N–H and O–H groups in total. The molecule has 0 bridgehead atoms. The molecular weight excluding hydrogens is 380 g/mol. The Morgan fingerprint density at radius 3 is 2.47 bits per heavy atom. The van der Waals surface area contributed by atoms with Crippen molar-refractivity contribution in [2.24, 2.45) is 7.05 Å². The highest BCUT2D eigenvalue weighted by Crippen LogP contribution is 2.28. The van der Waals surface area contributed by atoms with E-state index in [2.05, 4.69) is 15.7 Å². The van der Waals surface area contributed by atoms with Gasteiger partial charge in [0.2, 0.25) is 0 Å². The van der Waals surface area contributed by atoms with Crippen LogP contribution in [0.5, 0.6) is 11.5 Å². The number of rotatable bonds is 9. The molecule has 2 amide bonds. The number of nitrogens with one attached hydrogen (secondary N) is 2. The van der Waals surface area contributed by atoms with E-state index in [4.69, 9.17) is 9.47 Å². The van der Waals surface area contributed by atoms with E-state index in [0.717, 1.165) is 28.3 Å². The first-order valence-corrected chi connectivity index (χ1v) is 10.1. The minimum absolute atomic E-state index is 0.288. The Kier molecular flexibility index (Phi) is 7.32. The van der Waals surface area contributed by atoms with E-state index in [1.807, 2.05) is 75.5 Å². The third kappa shape index (κ3) is 5.53. The predicted molar refractivity (Wildman–Crippen MR) is 118 cm³/mol. The number of ether oxygens (including phenoxy) is 2. The molecule has 1 aromatic heterocycles. The second kappa shape index (κ2) is 10.3. The van der Waals surface area contributed by atoms with E-state index in [1.165, 1.54) is 0 Å². The second-order valence-corrected chi connectivity index (χ2v) is 6.68. The van der Waals surface area contributed by atoms with Crippen LogP contribution in [0.1, 0.15) is 19.4 Å². The maximum atomic E-state index is 12.3. The summed E-state index contributed by atoms with van der Waals surface area (Å²) in [5, 5.41) is 10.0. The summed E-state index contributed by atoms with van der Waals surface area (Å²) < 4.78 is 13.0. The number of hydrogen-bond acceptors (Lipinski definition) is 4. The van der Waals surface area contributed by atoms with Crippen molar-refractivity contribution in [3.63, 3.8) is 0 Å². The molecular formula is C23H28N4O3. The molecule has 0 spiro atoms. The van der Waals surface area contributed by atoms with Crippen LogP contribution in [-0.2, 0) is 13.5 Å². The molecule has 3 rings (SSSR count). The fraction of sp³-hybridized carbons (Fsp3) is 0.304. The Balaban J connectivity index is 1.54. The number of anilines is 1. The maximum Gasteiger partial charge on any atom is 0.320 e. The fourth-order valence-corrected chi connectivity index (χ4v) is 3.14. The van der Waals surface area contributed by atoms with Crippen LogP contribution in [0.15, 0.2) is 54.6 Å². The number of aromatic nitrogens is 2. The van der Waals surface area contributed by atoms with E-state index in [0.29, 0.717) is 32.0 Å². The molecule has 0 aliphatic rings. The monoisotopic (exact) mass is 408 g/mol. The molecule has 0 saturated heterocycles. The summed E-state index contributed by atoms with van der Waals surface area (Å²) in [4.78, 5) is 12.3. The second-order valence-electron chi connectivity index (χ2n) is 6.68. The molecule has 7 heteroatoms. The van der Waals surface area contributed by atoms with Gasteiger partial charge in [0.1, 0.15) is 0 Å². The van der Waals surface area contributed by atoms with Crippen molar-refractivity contribution < 1.29 is 14.3 Å². The third-order valence-electron chi connectivity index (χ3n) is 4.50. The van der Waals surface area contributed by atoms with Crippen LogP contribution in [0.2, 0.25) is 0 Å². The Morgan fingerprint density at radius 2 is 1.73 bits per heavy atom. The van der Waals surface area contributed by atoms with E-state index < -0.39 is 0 Å². The van der Waals surface area contributed by atoms with Gasteiger partial charge in [-0.3, -0.25) is 10.00 Å². The quantitative estimate of drug-likeness (QED) is 0.555. The number of nitrogens with zero attached hydrogens (tertiary/aromatic N) is 2. The average Bonchev–Trinajstić information content (AvgIpc) is 3.10. The van der Waals surface area contributed by atoms with Crippen LogP contribution < -0.4 is 20.1 Å². The van der Waals surface area contributed by atoms with Gasteiger partial charge in [0.05, 0.1) is 18.9 Å². The van der Waals surface area contributed by atoms with Crippen molar-refractivity contribution in [2.45, 2.75) is 20.3 Å². The van der Waals surface area contributed by atoms with Gasteiger partial charge in [-0.25, -0.2) is 4.79 Å². The zero-order valence-corrected chi connectivity index (χ0v) is 17.6. The first-order chi connectivity index (χ1) is 14.6. The first-order valence-electron chi connectivity index (χ1n) is 10.1. The lowest BCUT2D eigenvalue weighted by atomic mass is 10.1. The van der Waals surface area contributed by atoms with Gasteiger partial charge in [-0.05, 0) is 43.5 Å². The smallest absolute Gasteiger partial charge is 0.320 e. The summed E-state index contributed by atoms with van der Waals surface area (Å²) in [7, 11) is 1.85. The molecule has 0 aliphatic carbocycles. The summed E-state index contributed by atoms with van der Waals surface area (Å²) in [6, 6.07) is 17.3. The largest absolute Gasteiger partial charge is 0.490 e. The molecule has 7 nitrogen and oxygen atoms in total. The summed E-state index contributed by atoms with van der Waals surface area (Å²) in [5.41, 5.74) is 3.04. The standard InChI is InChI=1S/C23H28N4O3/c1-4-29-20-12-11-17(15-21(20)30-5-2)13-14-24-23(28)25-22-16-19(27(3)26-22)18-9-7-6-8-10-18/h6-12,15-16H,4-5,13-14H2,1-3H3,(H2,24,25,26,28). The molecule has 1 heterocycles. The number of carbonyl (C=O) groups excluding carboxylic acids is 1. The summed E-state index contributed by atoms with van der Waals surface area (Å²) >= 11 is 0. The van der Waals surface area contributed by atoms with Crippen molar-refractivity contribution >= 4 is 11.8 Å². The highest BCUT2D eigenvalue weighted by molar-refractivity contribution is 5.88. The van der Waals surface area contributed by atoms with E-state index in [-0.39, 0.29) is 6.03 Å². The molecule has 0 radical (unpaired) electrons. The lowest BCUT2D eigenvalue weighted by Crippen LogP contribution is -2.30. The Labute approximate surface area is 177 Å². The first kappa shape index (κ1) is 21.2. The number of urea groups is 1. The predicted octanol–water partition coefficient (Wildman–Crippen LogP) is 4.25. The number of carbonyl (C=O) groups is 1. The van der Waals surface area contributed by atoms with E-state index >= 15 is 0 Å². The molecule has 0 saturated carbocycles. The molecule has 158 valence electrons. The van der Waals surface area contributed by atoms with E-state index in [1.54, 1.807) is 4.68 Å². The topological polar surface area (TPSA) is 77.4 Å². The minimum Gasteiger partial charge on any atom is -0.490 e. The van der Waals surface area contributed by atoms with E-state index in [9.17, 15) is 4.79 Å². The van der Waals surface area contributed by atoms with Gasteiger partial charge >= 0.3 is 6.03 Å². The number of aryl methyl sites for hydroxylation is 1. The molecule has 30 heavy (non-hydrogen) atoms. The summed E-state index contributed by atoms with van der Waals surface area (Å²) in [5.74, 6) is 1.97. The molecule has 0 fully saturated rings. The lowest BCUT2D eigenvalue weighted by Gasteiger charge is -2.12. The molecule has 0 aliphatic heterocycles. The van der Waals surface area contributed by atoms with Gasteiger partial charge < -0.3 is 14.8 Å². The van der Waals surface area contributed by atoms with Gasteiger partial charge in [0.15, 0.2) is 17.3 Å². The van der Waals surface area contributed by atoms with Gasteiger partial charge in [-0.2, -0.15) is 5.10 Å². The number of amides is 2. The van der Waals surface area contributed by atoms with Gasteiger partial charge in [-0.1, -0.05) is 36.4 Å². The Bertz CT molecular complexity index is 970. The molecule has 3 aromatic rings. The van der Waals surface area contributed by atoms with Crippen LogP contribution in [0.4, 0.5) is 10.6 Å². The Hall–Kier alpha value is -3.48. The van der Waals surface area contributed by atoms with Crippen molar-refractivity contribution in [1.29, 1.82) is 0 Å². The van der Waals surface area contributed by atoms with Crippen molar-refractivity contribution in [2.75, 3.05) is 25.1 Å². The highest BCUT2D eigenvalue weighted by Gasteiger charge is 2.10. The molecule has 2 aromatic carbocycles. The zero-order valence-electron chi connectivity index (χ0n) is 17.6. The molecule has 0 atom stereocenters. The summed E-state index contributed by atoms with van der Waals surface area (Å²) in [6.07, 6.45) is 0.678. The highest BCUT2D eigenvalue weighted by atomic mass is 16.5. The van der Waals surface area contributed by atoms with Gasteiger partial charge in [0.25, 0.3) is 0 Å². The van der Waals surface area contributed by atoms with Crippen LogP contribution >= 0.6 is 0 Å². The minimum atomic E-state index is -0.288. The normalized spacial score (nSPS) is 10.5. The van der Waals surface area contributed by atoms with Gasteiger partial charge in [0, 0.05) is 19.7 Å². The van der Waals surface area contributed by atoms with Crippen LogP contribution in [-0.4, -0.2) is 35.6 Å². The number of benzene rings is 2. The Morgan fingerprint density at radius 1 is 1.00 bits per heavy atom. The third-order valence-corrected chi connectivity index (χ3v) is 4.50.